The van der Waals surface area contributed by atoms with Crippen LogP contribution in [0, 0.1) is 0 Å². The van der Waals surface area contributed by atoms with Crippen LogP contribution in [0.5, 0.6) is 0 Å². The quantitative estimate of drug-likeness (QED) is 0.801. The van der Waals surface area contributed by atoms with Gasteiger partial charge in [0.15, 0.2) is 0 Å². The lowest BCUT2D eigenvalue weighted by Crippen LogP contribution is -2.52. The van der Waals surface area contributed by atoms with Crippen LogP contribution in [0.15, 0.2) is 24.3 Å². The molecule has 0 heterocycles. The fourth-order valence-electron chi connectivity index (χ4n) is 1.39. The molecule has 1 rings (SSSR count). The summed E-state index contributed by atoms with van der Waals surface area (Å²) in [5.41, 5.74) is -2.22. The molecule has 7 heteroatoms. The molecule has 112 valence electrons. The average molecular weight is 290 g/mol. The standard InChI is InChI=1S/C13H17F3N2O2/c1-8(19)12(2,3)18-11(20)17-10-7-5-4-6-9(10)13(14,15)16/h4-8,19H,1-3H3,(H2,17,18,20). The second-order valence-corrected chi connectivity index (χ2v) is 5.02. The normalized spacial score (nSPS) is 13.8. The highest BCUT2D eigenvalue weighted by Gasteiger charge is 2.34. The molecule has 0 spiro atoms. The first-order valence-electron chi connectivity index (χ1n) is 5.97. The fraction of sp³-hybridized carbons (Fsp3) is 0.462. The molecule has 0 aliphatic rings. The second-order valence-electron chi connectivity index (χ2n) is 5.02. The number of benzene rings is 1. The van der Waals surface area contributed by atoms with E-state index in [1.807, 2.05) is 0 Å². The van der Waals surface area contributed by atoms with Gasteiger partial charge in [0, 0.05) is 0 Å². The summed E-state index contributed by atoms with van der Waals surface area (Å²) in [5, 5.41) is 14.0. The van der Waals surface area contributed by atoms with Gasteiger partial charge in [-0.15, -0.1) is 0 Å². The number of amides is 2. The third kappa shape index (κ3) is 4.12. The van der Waals surface area contributed by atoms with Crippen LogP contribution in [0.3, 0.4) is 0 Å². The van der Waals surface area contributed by atoms with Gasteiger partial charge in [0.25, 0.3) is 0 Å². The third-order valence-electron chi connectivity index (χ3n) is 2.96. The van der Waals surface area contributed by atoms with Crippen molar-refractivity contribution in [3.05, 3.63) is 29.8 Å². The highest BCUT2D eigenvalue weighted by Crippen LogP contribution is 2.34. The number of para-hydroxylation sites is 1. The first kappa shape index (κ1) is 16.3. The maximum absolute atomic E-state index is 12.8. The Kier molecular flexibility index (Phi) is 4.65. The van der Waals surface area contributed by atoms with Crippen molar-refractivity contribution in [2.24, 2.45) is 0 Å². The lowest BCUT2D eigenvalue weighted by molar-refractivity contribution is -0.136. The van der Waals surface area contributed by atoms with Gasteiger partial charge in [-0.05, 0) is 32.9 Å². The molecular weight excluding hydrogens is 273 g/mol. The number of aliphatic hydroxyl groups excluding tert-OH is 1. The SMILES string of the molecule is CC(O)C(C)(C)NC(=O)Nc1ccccc1C(F)(F)F. The minimum atomic E-state index is -4.55. The van der Waals surface area contributed by atoms with Crippen LogP contribution in [-0.2, 0) is 6.18 Å². The molecule has 0 aliphatic carbocycles. The van der Waals surface area contributed by atoms with Crippen molar-refractivity contribution in [1.29, 1.82) is 0 Å². The Hall–Kier alpha value is -1.76. The summed E-state index contributed by atoms with van der Waals surface area (Å²) >= 11 is 0. The molecule has 1 aromatic carbocycles. The number of carbonyl (C=O) groups excluding carboxylic acids is 1. The first-order chi connectivity index (χ1) is 9.04. The summed E-state index contributed by atoms with van der Waals surface area (Å²) in [5.74, 6) is 0. The summed E-state index contributed by atoms with van der Waals surface area (Å²) in [4.78, 5) is 11.7. The number of aliphatic hydroxyl groups is 1. The molecule has 1 atom stereocenters. The third-order valence-corrected chi connectivity index (χ3v) is 2.96. The number of hydrogen-bond donors (Lipinski definition) is 3. The molecule has 1 unspecified atom stereocenters. The number of alkyl halides is 3. The molecule has 4 nitrogen and oxygen atoms in total. The van der Waals surface area contributed by atoms with E-state index in [2.05, 4.69) is 10.6 Å². The van der Waals surface area contributed by atoms with Crippen molar-refractivity contribution in [3.8, 4) is 0 Å². The fourth-order valence-corrected chi connectivity index (χ4v) is 1.39. The predicted octanol–water partition coefficient (Wildman–Crippen LogP) is 2.99. The van der Waals surface area contributed by atoms with Gasteiger partial charge >= 0.3 is 12.2 Å². The van der Waals surface area contributed by atoms with Crippen molar-refractivity contribution in [2.45, 2.75) is 38.6 Å². The van der Waals surface area contributed by atoms with Gasteiger partial charge in [-0.25, -0.2) is 4.79 Å². The van der Waals surface area contributed by atoms with E-state index in [1.54, 1.807) is 13.8 Å². The lowest BCUT2D eigenvalue weighted by Gasteiger charge is -2.29. The van der Waals surface area contributed by atoms with E-state index in [1.165, 1.54) is 19.1 Å². The maximum Gasteiger partial charge on any atom is 0.418 e. The Morgan fingerprint density at radius 2 is 1.80 bits per heavy atom. The van der Waals surface area contributed by atoms with E-state index in [0.717, 1.165) is 12.1 Å². The van der Waals surface area contributed by atoms with Gasteiger partial charge < -0.3 is 15.7 Å². The molecule has 0 aromatic heterocycles. The highest BCUT2D eigenvalue weighted by atomic mass is 19.4. The number of urea groups is 1. The van der Waals surface area contributed by atoms with Crippen molar-refractivity contribution >= 4 is 11.7 Å². The van der Waals surface area contributed by atoms with Gasteiger partial charge in [0.05, 0.1) is 22.9 Å². The smallest absolute Gasteiger partial charge is 0.391 e. The van der Waals surface area contributed by atoms with Crippen LogP contribution in [0.25, 0.3) is 0 Å². The summed E-state index contributed by atoms with van der Waals surface area (Å²) in [6, 6.07) is 3.87. The van der Waals surface area contributed by atoms with Gasteiger partial charge in [-0.2, -0.15) is 13.2 Å². The Morgan fingerprint density at radius 3 is 2.30 bits per heavy atom. The average Bonchev–Trinajstić information content (AvgIpc) is 2.26. The van der Waals surface area contributed by atoms with E-state index >= 15 is 0 Å². The monoisotopic (exact) mass is 290 g/mol. The zero-order chi connectivity index (χ0) is 15.6. The topological polar surface area (TPSA) is 61.4 Å². The van der Waals surface area contributed by atoms with Crippen molar-refractivity contribution in [1.82, 2.24) is 5.32 Å². The molecule has 1 aromatic rings. The van der Waals surface area contributed by atoms with E-state index in [9.17, 15) is 23.1 Å². The molecule has 0 saturated carbocycles. The number of anilines is 1. The molecular formula is C13H17F3N2O2. The largest absolute Gasteiger partial charge is 0.418 e. The molecule has 0 aliphatic heterocycles. The zero-order valence-electron chi connectivity index (χ0n) is 11.4. The van der Waals surface area contributed by atoms with E-state index in [0.29, 0.717) is 0 Å². The lowest BCUT2D eigenvalue weighted by atomic mass is 9.99. The van der Waals surface area contributed by atoms with Gasteiger partial charge in [-0.1, -0.05) is 12.1 Å². The molecule has 3 N–H and O–H groups in total. The van der Waals surface area contributed by atoms with Crippen LogP contribution < -0.4 is 10.6 Å². The first-order valence-corrected chi connectivity index (χ1v) is 5.97. The number of halogens is 3. The summed E-state index contributed by atoms with van der Waals surface area (Å²) in [7, 11) is 0. The predicted molar refractivity (Wildman–Crippen MR) is 69.4 cm³/mol. The minimum absolute atomic E-state index is 0.334. The molecule has 2 amide bonds. The molecule has 20 heavy (non-hydrogen) atoms. The van der Waals surface area contributed by atoms with Gasteiger partial charge in [-0.3, -0.25) is 0 Å². The van der Waals surface area contributed by atoms with Gasteiger partial charge in [0.2, 0.25) is 0 Å². The van der Waals surface area contributed by atoms with Gasteiger partial charge in [0.1, 0.15) is 0 Å². The molecule has 0 fully saturated rings. The summed E-state index contributed by atoms with van der Waals surface area (Å²) < 4.78 is 38.3. The number of carbonyl (C=O) groups is 1. The summed E-state index contributed by atoms with van der Waals surface area (Å²) in [6.45, 7) is 4.60. The second kappa shape index (κ2) is 5.70. The van der Waals surface area contributed by atoms with E-state index in [-0.39, 0.29) is 5.69 Å². The minimum Gasteiger partial charge on any atom is -0.391 e. The maximum atomic E-state index is 12.8. The van der Waals surface area contributed by atoms with Crippen molar-refractivity contribution < 1.29 is 23.1 Å². The molecule has 0 saturated heterocycles. The van der Waals surface area contributed by atoms with Crippen LogP contribution >= 0.6 is 0 Å². The summed E-state index contributed by atoms with van der Waals surface area (Å²) in [6.07, 6.45) is -5.41. The van der Waals surface area contributed by atoms with Crippen LogP contribution in [0.4, 0.5) is 23.7 Å². The van der Waals surface area contributed by atoms with Crippen LogP contribution in [0.1, 0.15) is 26.3 Å². The van der Waals surface area contributed by atoms with Crippen LogP contribution in [-0.4, -0.2) is 22.8 Å². The molecule has 0 bridgehead atoms. The number of hydrogen-bond acceptors (Lipinski definition) is 2. The molecule has 0 radical (unpaired) electrons. The number of rotatable bonds is 3. The van der Waals surface area contributed by atoms with E-state index in [4.69, 9.17) is 0 Å². The Morgan fingerprint density at radius 1 is 1.25 bits per heavy atom. The highest BCUT2D eigenvalue weighted by molar-refractivity contribution is 5.90. The Labute approximate surface area is 115 Å². The zero-order valence-corrected chi connectivity index (χ0v) is 11.4. The Bertz CT molecular complexity index is 485. The van der Waals surface area contributed by atoms with Crippen molar-refractivity contribution in [3.63, 3.8) is 0 Å². The van der Waals surface area contributed by atoms with E-state index < -0.39 is 29.4 Å². The Balaban J connectivity index is 2.87. The number of nitrogens with one attached hydrogen (secondary N) is 2. The van der Waals surface area contributed by atoms with Crippen LogP contribution in [0.2, 0.25) is 0 Å². The van der Waals surface area contributed by atoms with Crippen molar-refractivity contribution in [2.75, 3.05) is 5.32 Å².